The maximum absolute atomic E-state index is 13.8. The summed E-state index contributed by atoms with van der Waals surface area (Å²) in [6.07, 6.45) is 3.18. The normalized spacial score (nSPS) is 12.5. The lowest BCUT2D eigenvalue weighted by molar-refractivity contribution is 0.487. The molecule has 0 aliphatic rings. The van der Waals surface area contributed by atoms with Crippen molar-refractivity contribution in [2.24, 2.45) is 5.73 Å². The lowest BCUT2D eigenvalue weighted by atomic mass is 10.0. The second-order valence-electron chi connectivity index (χ2n) is 4.20. The summed E-state index contributed by atoms with van der Waals surface area (Å²) in [6, 6.07) is 2.07. The van der Waals surface area contributed by atoms with Gasteiger partial charge in [0.25, 0.3) is 0 Å². The molecule has 2 aromatic rings. The first-order valence-electron chi connectivity index (χ1n) is 5.49. The summed E-state index contributed by atoms with van der Waals surface area (Å²) < 4.78 is 27.2. The zero-order valence-corrected chi connectivity index (χ0v) is 10.1. The van der Waals surface area contributed by atoms with Crippen LogP contribution in [0.4, 0.5) is 8.78 Å². The molecule has 0 aliphatic heterocycles. The van der Waals surface area contributed by atoms with Gasteiger partial charge in [-0.25, -0.2) is 18.7 Å². The molecule has 1 unspecified atom stereocenters. The molecular weight excluding hydrogens is 236 g/mol. The fraction of sp³-hybridized carbons (Fsp3) is 0.231. The molecule has 0 aliphatic carbocycles. The molecule has 94 valence electrons. The maximum Gasteiger partial charge on any atom is 0.164 e. The van der Waals surface area contributed by atoms with E-state index in [4.69, 9.17) is 5.73 Å². The van der Waals surface area contributed by atoms with E-state index in [1.54, 1.807) is 12.4 Å². The topological polar surface area (TPSA) is 51.8 Å². The van der Waals surface area contributed by atoms with Crippen LogP contribution in [0.5, 0.6) is 0 Å². The predicted molar refractivity (Wildman–Crippen MR) is 63.9 cm³/mol. The van der Waals surface area contributed by atoms with E-state index < -0.39 is 17.7 Å². The van der Waals surface area contributed by atoms with Crippen LogP contribution in [0.1, 0.15) is 28.6 Å². The number of hydrogen-bond donors (Lipinski definition) is 1. The van der Waals surface area contributed by atoms with E-state index in [0.717, 1.165) is 5.56 Å². The molecule has 18 heavy (non-hydrogen) atoms. The fourth-order valence-corrected chi connectivity index (χ4v) is 1.60. The van der Waals surface area contributed by atoms with Gasteiger partial charge in [-0.2, -0.15) is 0 Å². The third-order valence-corrected chi connectivity index (χ3v) is 2.72. The van der Waals surface area contributed by atoms with Crippen molar-refractivity contribution in [2.75, 3.05) is 0 Å². The number of benzene rings is 1. The van der Waals surface area contributed by atoms with E-state index in [9.17, 15) is 8.78 Å². The summed E-state index contributed by atoms with van der Waals surface area (Å²) in [5.74, 6) is -1.55. The smallest absolute Gasteiger partial charge is 0.164 e. The van der Waals surface area contributed by atoms with Gasteiger partial charge in [-0.05, 0) is 25.0 Å². The van der Waals surface area contributed by atoms with Crippen molar-refractivity contribution in [3.63, 3.8) is 0 Å². The van der Waals surface area contributed by atoms with Crippen LogP contribution in [0, 0.1) is 25.5 Å². The molecule has 0 fully saturated rings. The molecule has 0 bridgehead atoms. The minimum Gasteiger partial charge on any atom is -0.318 e. The third-order valence-electron chi connectivity index (χ3n) is 2.72. The quantitative estimate of drug-likeness (QED) is 0.889. The second kappa shape index (κ2) is 4.78. The summed E-state index contributed by atoms with van der Waals surface area (Å²) in [4.78, 5) is 8.05. The number of aryl methyl sites for hydroxylation is 2. The van der Waals surface area contributed by atoms with Crippen molar-refractivity contribution in [1.29, 1.82) is 0 Å². The molecule has 3 nitrogen and oxygen atoms in total. The van der Waals surface area contributed by atoms with Gasteiger partial charge in [0.05, 0.1) is 6.04 Å². The summed E-state index contributed by atoms with van der Waals surface area (Å²) in [5.41, 5.74) is 7.03. The third kappa shape index (κ3) is 2.22. The lowest BCUT2D eigenvalue weighted by Gasteiger charge is -2.12. The Hall–Kier alpha value is -1.88. The van der Waals surface area contributed by atoms with Crippen molar-refractivity contribution < 1.29 is 8.78 Å². The lowest BCUT2D eigenvalue weighted by Crippen LogP contribution is -2.17. The minimum atomic E-state index is -0.938. The largest absolute Gasteiger partial charge is 0.318 e. The van der Waals surface area contributed by atoms with E-state index >= 15 is 0 Å². The Kier molecular flexibility index (Phi) is 3.34. The van der Waals surface area contributed by atoms with E-state index in [1.165, 1.54) is 19.1 Å². The molecule has 2 N–H and O–H groups in total. The fourth-order valence-electron chi connectivity index (χ4n) is 1.60. The number of nitrogens with zero attached hydrogens (tertiary/aromatic N) is 2. The van der Waals surface area contributed by atoms with E-state index in [1.807, 2.05) is 6.92 Å². The van der Waals surface area contributed by atoms with Gasteiger partial charge < -0.3 is 5.73 Å². The number of nitrogens with two attached hydrogens (primary N) is 1. The summed E-state index contributed by atoms with van der Waals surface area (Å²) in [5, 5.41) is 0. The zero-order chi connectivity index (χ0) is 13.3. The summed E-state index contributed by atoms with van der Waals surface area (Å²) >= 11 is 0. The van der Waals surface area contributed by atoms with E-state index in [0.29, 0.717) is 0 Å². The molecule has 1 heterocycles. The minimum absolute atomic E-state index is 0.0574. The molecule has 0 saturated heterocycles. The Morgan fingerprint density at radius 2 is 1.67 bits per heavy atom. The molecule has 1 aromatic heterocycles. The summed E-state index contributed by atoms with van der Waals surface area (Å²) in [6.45, 7) is 3.33. The molecule has 5 heteroatoms. The number of hydrogen-bond acceptors (Lipinski definition) is 3. The van der Waals surface area contributed by atoms with Crippen LogP contribution in [0.2, 0.25) is 0 Å². The standard InChI is InChI=1S/C13H13F2N3/c1-7-5-17-13(18-6-7)12(16)9-4-3-8(2)10(14)11(9)15/h3-6,12H,16H2,1-2H3. The monoisotopic (exact) mass is 249 g/mol. The van der Waals surface area contributed by atoms with E-state index in [2.05, 4.69) is 9.97 Å². The van der Waals surface area contributed by atoms with Crippen molar-refractivity contribution in [2.45, 2.75) is 19.9 Å². The molecule has 1 aromatic carbocycles. The van der Waals surface area contributed by atoms with Crippen molar-refractivity contribution in [1.82, 2.24) is 9.97 Å². The van der Waals surface area contributed by atoms with Gasteiger partial charge in [0.1, 0.15) is 5.82 Å². The first-order chi connectivity index (χ1) is 8.50. The van der Waals surface area contributed by atoms with Gasteiger partial charge in [-0.15, -0.1) is 0 Å². The second-order valence-corrected chi connectivity index (χ2v) is 4.20. The number of aromatic nitrogens is 2. The van der Waals surface area contributed by atoms with Crippen LogP contribution in [0.3, 0.4) is 0 Å². The van der Waals surface area contributed by atoms with Crippen molar-refractivity contribution in [3.05, 3.63) is 58.7 Å². The van der Waals surface area contributed by atoms with Crippen LogP contribution in [0.15, 0.2) is 24.5 Å². The SMILES string of the molecule is Cc1cnc(C(N)c2ccc(C)c(F)c2F)nc1. The van der Waals surface area contributed by atoms with Gasteiger partial charge in [0, 0.05) is 18.0 Å². The molecule has 2 rings (SSSR count). The van der Waals surface area contributed by atoms with Crippen LogP contribution in [-0.4, -0.2) is 9.97 Å². The van der Waals surface area contributed by atoms with Gasteiger partial charge in [0.15, 0.2) is 11.6 Å². The average molecular weight is 249 g/mol. The molecule has 0 amide bonds. The van der Waals surface area contributed by atoms with Crippen LogP contribution < -0.4 is 5.73 Å². The Balaban J connectivity index is 2.43. The Labute approximate surface area is 104 Å². The van der Waals surface area contributed by atoms with Crippen LogP contribution in [0.25, 0.3) is 0 Å². The van der Waals surface area contributed by atoms with Crippen LogP contribution >= 0.6 is 0 Å². The van der Waals surface area contributed by atoms with Gasteiger partial charge >= 0.3 is 0 Å². The molecule has 0 saturated carbocycles. The van der Waals surface area contributed by atoms with Gasteiger partial charge in [-0.3, -0.25) is 0 Å². The predicted octanol–water partition coefficient (Wildman–Crippen LogP) is 2.42. The highest BCUT2D eigenvalue weighted by Gasteiger charge is 2.19. The first-order valence-corrected chi connectivity index (χ1v) is 5.49. The highest BCUT2D eigenvalue weighted by Crippen LogP contribution is 2.23. The maximum atomic E-state index is 13.8. The average Bonchev–Trinajstić information content (AvgIpc) is 2.36. The molecule has 1 atom stereocenters. The van der Waals surface area contributed by atoms with E-state index in [-0.39, 0.29) is 17.0 Å². The number of rotatable bonds is 2. The van der Waals surface area contributed by atoms with Crippen LogP contribution in [-0.2, 0) is 0 Å². The highest BCUT2D eigenvalue weighted by molar-refractivity contribution is 5.30. The van der Waals surface area contributed by atoms with Crippen molar-refractivity contribution >= 4 is 0 Å². The molecule has 0 radical (unpaired) electrons. The number of halogens is 2. The van der Waals surface area contributed by atoms with Gasteiger partial charge in [0.2, 0.25) is 0 Å². The Morgan fingerprint density at radius 1 is 1.06 bits per heavy atom. The van der Waals surface area contributed by atoms with Gasteiger partial charge in [-0.1, -0.05) is 12.1 Å². The molecular formula is C13H13F2N3. The molecule has 0 spiro atoms. The first kappa shape index (κ1) is 12.6. The van der Waals surface area contributed by atoms with Crippen molar-refractivity contribution in [3.8, 4) is 0 Å². The highest BCUT2D eigenvalue weighted by atomic mass is 19.2. The zero-order valence-electron chi connectivity index (χ0n) is 10.1. The summed E-state index contributed by atoms with van der Waals surface area (Å²) in [7, 11) is 0. The Morgan fingerprint density at radius 3 is 2.28 bits per heavy atom. The Bertz CT molecular complexity index is 567.